The van der Waals surface area contributed by atoms with Gasteiger partial charge in [0.05, 0.1) is 6.54 Å². The predicted molar refractivity (Wildman–Crippen MR) is 100 cm³/mol. The van der Waals surface area contributed by atoms with Crippen molar-refractivity contribution < 1.29 is 4.79 Å². The van der Waals surface area contributed by atoms with Crippen molar-refractivity contribution in [1.82, 2.24) is 10.6 Å². The maximum absolute atomic E-state index is 11.8. The molecule has 132 valence electrons. The molecule has 0 spiro atoms. The minimum atomic E-state index is 0.228. The Balaban J connectivity index is 1.89. The summed E-state index contributed by atoms with van der Waals surface area (Å²) in [5, 5.41) is 6.65. The van der Waals surface area contributed by atoms with E-state index in [1.807, 2.05) is 17.0 Å². The van der Waals surface area contributed by atoms with Crippen LogP contribution in [0.3, 0.4) is 0 Å². The van der Waals surface area contributed by atoms with Gasteiger partial charge < -0.3 is 15.5 Å². The molecular formula is C19H30N4O. The molecule has 1 heterocycles. The quantitative estimate of drug-likeness (QED) is 0.437. The molecule has 24 heavy (non-hydrogen) atoms. The van der Waals surface area contributed by atoms with Gasteiger partial charge in [-0.25, -0.2) is 4.99 Å². The fourth-order valence-corrected chi connectivity index (χ4v) is 2.80. The van der Waals surface area contributed by atoms with Crippen LogP contribution in [0, 0.1) is 0 Å². The third-order valence-corrected chi connectivity index (χ3v) is 4.16. The van der Waals surface area contributed by atoms with E-state index in [1.54, 1.807) is 0 Å². The van der Waals surface area contributed by atoms with Gasteiger partial charge in [-0.2, -0.15) is 0 Å². The van der Waals surface area contributed by atoms with Crippen LogP contribution < -0.4 is 15.5 Å². The number of unbranched alkanes of at least 4 members (excludes halogenated alkanes) is 2. The highest BCUT2D eigenvalue weighted by Crippen LogP contribution is 2.21. The molecule has 5 nitrogen and oxygen atoms in total. The van der Waals surface area contributed by atoms with Gasteiger partial charge in [-0.3, -0.25) is 4.79 Å². The fourth-order valence-electron chi connectivity index (χ4n) is 2.80. The number of hydrogen-bond acceptors (Lipinski definition) is 2. The van der Waals surface area contributed by atoms with Crippen molar-refractivity contribution in [2.45, 2.75) is 52.5 Å². The van der Waals surface area contributed by atoms with Crippen LogP contribution in [-0.2, 0) is 11.3 Å². The topological polar surface area (TPSA) is 56.7 Å². The summed E-state index contributed by atoms with van der Waals surface area (Å²) in [5.74, 6) is 1.10. The molecule has 1 fully saturated rings. The van der Waals surface area contributed by atoms with E-state index in [0.717, 1.165) is 43.3 Å². The van der Waals surface area contributed by atoms with Crippen molar-refractivity contribution in [1.29, 1.82) is 0 Å². The standard InChI is InChI=1S/C19H30N4O/c1-3-5-6-13-21-19(20-4-2)22-15-16-9-11-17(12-10-16)23-14-7-8-18(23)24/h9-12H,3-8,13-15H2,1-2H3,(H2,20,21,22). The summed E-state index contributed by atoms with van der Waals surface area (Å²) in [7, 11) is 0. The summed E-state index contributed by atoms with van der Waals surface area (Å²) in [6, 6.07) is 8.17. The number of nitrogens with zero attached hydrogens (tertiary/aromatic N) is 2. The molecule has 0 radical (unpaired) electrons. The van der Waals surface area contributed by atoms with Crippen LogP contribution in [0.2, 0.25) is 0 Å². The van der Waals surface area contributed by atoms with Crippen LogP contribution in [0.15, 0.2) is 29.3 Å². The second kappa shape index (κ2) is 9.96. The predicted octanol–water partition coefficient (Wildman–Crippen LogP) is 3.06. The lowest BCUT2D eigenvalue weighted by molar-refractivity contribution is -0.117. The number of anilines is 1. The molecule has 1 aromatic carbocycles. The van der Waals surface area contributed by atoms with Gasteiger partial charge in [0.25, 0.3) is 0 Å². The number of hydrogen-bond donors (Lipinski definition) is 2. The largest absolute Gasteiger partial charge is 0.357 e. The van der Waals surface area contributed by atoms with Gasteiger partial charge in [0.15, 0.2) is 5.96 Å². The van der Waals surface area contributed by atoms with Crippen molar-refractivity contribution in [3.05, 3.63) is 29.8 Å². The van der Waals surface area contributed by atoms with Crippen molar-refractivity contribution in [2.24, 2.45) is 4.99 Å². The SMILES string of the molecule is CCCCCNC(=NCc1ccc(N2CCCC2=O)cc1)NCC. The summed E-state index contributed by atoms with van der Waals surface area (Å²) in [6.07, 6.45) is 5.26. The second-order valence-corrected chi connectivity index (χ2v) is 6.14. The fraction of sp³-hybridized carbons (Fsp3) is 0.579. The van der Waals surface area contributed by atoms with E-state index in [4.69, 9.17) is 0 Å². The first-order valence-corrected chi connectivity index (χ1v) is 9.16. The first kappa shape index (κ1) is 18.3. The minimum Gasteiger partial charge on any atom is -0.357 e. The van der Waals surface area contributed by atoms with Gasteiger partial charge in [-0.05, 0) is 37.5 Å². The van der Waals surface area contributed by atoms with E-state index in [1.165, 1.54) is 19.3 Å². The zero-order valence-corrected chi connectivity index (χ0v) is 15.0. The number of carbonyl (C=O) groups excluding carboxylic acids is 1. The molecule has 0 aliphatic carbocycles. The Labute approximate surface area is 145 Å². The molecular weight excluding hydrogens is 300 g/mol. The summed E-state index contributed by atoms with van der Waals surface area (Å²) < 4.78 is 0. The van der Waals surface area contributed by atoms with Gasteiger partial charge in [0.1, 0.15) is 0 Å². The molecule has 0 atom stereocenters. The highest BCUT2D eigenvalue weighted by Gasteiger charge is 2.21. The van der Waals surface area contributed by atoms with E-state index in [9.17, 15) is 4.79 Å². The van der Waals surface area contributed by atoms with E-state index >= 15 is 0 Å². The number of carbonyl (C=O) groups is 1. The van der Waals surface area contributed by atoms with Crippen molar-refractivity contribution in [3.8, 4) is 0 Å². The number of amides is 1. The Kier molecular flexibility index (Phi) is 7.59. The summed E-state index contributed by atoms with van der Waals surface area (Å²) in [5.41, 5.74) is 2.14. The van der Waals surface area contributed by atoms with Crippen LogP contribution in [0.4, 0.5) is 5.69 Å². The average molecular weight is 330 g/mol. The van der Waals surface area contributed by atoms with Crippen molar-refractivity contribution in [3.63, 3.8) is 0 Å². The number of rotatable bonds is 8. The van der Waals surface area contributed by atoms with E-state index in [2.05, 4.69) is 41.6 Å². The van der Waals surface area contributed by atoms with Crippen LogP contribution in [0.1, 0.15) is 51.5 Å². The van der Waals surface area contributed by atoms with Gasteiger partial charge in [-0.15, -0.1) is 0 Å². The van der Waals surface area contributed by atoms with E-state index < -0.39 is 0 Å². The zero-order valence-electron chi connectivity index (χ0n) is 15.0. The second-order valence-electron chi connectivity index (χ2n) is 6.14. The molecule has 5 heteroatoms. The van der Waals surface area contributed by atoms with Gasteiger partial charge in [0, 0.05) is 31.7 Å². The smallest absolute Gasteiger partial charge is 0.227 e. The molecule has 0 aromatic heterocycles. The van der Waals surface area contributed by atoms with Gasteiger partial charge in [-0.1, -0.05) is 31.9 Å². The Bertz CT molecular complexity index is 539. The van der Waals surface area contributed by atoms with E-state index in [0.29, 0.717) is 13.0 Å². The van der Waals surface area contributed by atoms with Crippen molar-refractivity contribution >= 4 is 17.6 Å². The maximum Gasteiger partial charge on any atom is 0.227 e. The lowest BCUT2D eigenvalue weighted by atomic mass is 10.2. The monoisotopic (exact) mass is 330 g/mol. The zero-order chi connectivity index (χ0) is 17.2. The summed E-state index contributed by atoms with van der Waals surface area (Å²) in [6.45, 7) is 7.56. The van der Waals surface area contributed by atoms with Crippen molar-refractivity contribution in [2.75, 3.05) is 24.5 Å². The van der Waals surface area contributed by atoms with Gasteiger partial charge >= 0.3 is 0 Å². The molecule has 0 unspecified atom stereocenters. The lowest BCUT2D eigenvalue weighted by Crippen LogP contribution is -2.37. The van der Waals surface area contributed by atoms with Crippen LogP contribution in [-0.4, -0.2) is 31.5 Å². The molecule has 0 saturated carbocycles. The Morgan fingerprint density at radius 2 is 1.96 bits per heavy atom. The molecule has 1 saturated heterocycles. The summed E-state index contributed by atoms with van der Waals surface area (Å²) in [4.78, 5) is 18.3. The summed E-state index contributed by atoms with van der Waals surface area (Å²) >= 11 is 0. The molecule has 2 N–H and O–H groups in total. The highest BCUT2D eigenvalue weighted by molar-refractivity contribution is 5.95. The molecule has 1 aliphatic heterocycles. The Morgan fingerprint density at radius 1 is 1.17 bits per heavy atom. The van der Waals surface area contributed by atoms with Gasteiger partial charge in [0.2, 0.25) is 5.91 Å². The normalized spacial score (nSPS) is 15.0. The molecule has 1 amide bonds. The molecule has 1 aromatic rings. The highest BCUT2D eigenvalue weighted by atomic mass is 16.2. The number of aliphatic imine (C=N–C) groups is 1. The lowest BCUT2D eigenvalue weighted by Gasteiger charge is -2.16. The Hall–Kier alpha value is -2.04. The van der Waals surface area contributed by atoms with Crippen LogP contribution >= 0.6 is 0 Å². The third-order valence-electron chi connectivity index (χ3n) is 4.16. The average Bonchev–Trinajstić information content (AvgIpc) is 3.03. The Morgan fingerprint density at radius 3 is 2.58 bits per heavy atom. The van der Waals surface area contributed by atoms with Crippen LogP contribution in [0.25, 0.3) is 0 Å². The third kappa shape index (κ3) is 5.55. The maximum atomic E-state index is 11.8. The number of guanidine groups is 1. The molecule has 0 bridgehead atoms. The first-order valence-electron chi connectivity index (χ1n) is 9.16. The molecule has 2 rings (SSSR count). The first-order chi connectivity index (χ1) is 11.7. The van der Waals surface area contributed by atoms with Crippen LogP contribution in [0.5, 0.6) is 0 Å². The molecule has 1 aliphatic rings. The van der Waals surface area contributed by atoms with E-state index in [-0.39, 0.29) is 5.91 Å². The number of nitrogens with one attached hydrogen (secondary N) is 2. The number of benzene rings is 1. The minimum absolute atomic E-state index is 0.228.